The number of hydrogen-bond acceptors (Lipinski definition) is 2. The van der Waals surface area contributed by atoms with Crippen LogP contribution in [0, 0.1) is 0 Å². The van der Waals surface area contributed by atoms with Gasteiger partial charge in [0.15, 0.2) is 0 Å². The third-order valence-electron chi connectivity index (χ3n) is 4.11. The van der Waals surface area contributed by atoms with Gasteiger partial charge in [-0.25, -0.2) is 0 Å². The molecule has 0 aromatic rings. The minimum atomic E-state index is -0.618. The Morgan fingerprint density at radius 1 is 1.05 bits per heavy atom. The Morgan fingerprint density at radius 3 is 2.00 bits per heavy atom. The van der Waals surface area contributed by atoms with Gasteiger partial charge in [-0.2, -0.15) is 4.42 Å². The number of unbranched alkanes of at least 4 members (excludes halogenated alkanes) is 2. The molecule has 1 aliphatic heterocycles. The average molecular weight is 305 g/mol. The number of carbonyl (C=O) groups is 1. The summed E-state index contributed by atoms with van der Waals surface area (Å²) < 4.78 is 2.66. The van der Waals surface area contributed by atoms with Crippen LogP contribution >= 0.6 is 11.8 Å². The number of quaternary nitrogens is 1. The van der Waals surface area contributed by atoms with Crippen LogP contribution in [-0.2, 0) is 4.79 Å². The molecule has 1 fully saturated rings. The summed E-state index contributed by atoms with van der Waals surface area (Å²) in [6.07, 6.45) is 3.38. The highest BCUT2D eigenvalue weighted by Gasteiger charge is 2.55. The number of halogens is 1. The first-order chi connectivity index (χ1) is 8.90. The van der Waals surface area contributed by atoms with Crippen molar-refractivity contribution >= 4 is 17.7 Å². The van der Waals surface area contributed by atoms with Crippen molar-refractivity contribution < 1.29 is 9.28 Å². The SMILES string of the molecule is CC1(C)C(=O)N(CCCCC[N+](C)(C)C)C(C)(C)N1Cl. The first kappa shape index (κ1) is 17.7. The van der Waals surface area contributed by atoms with E-state index in [1.807, 2.05) is 32.6 Å². The molecule has 0 aromatic heterocycles. The summed E-state index contributed by atoms with van der Waals surface area (Å²) in [6, 6.07) is 0. The first-order valence-corrected chi connectivity index (χ1v) is 7.83. The third kappa shape index (κ3) is 3.66. The van der Waals surface area contributed by atoms with Gasteiger partial charge in [0.25, 0.3) is 0 Å². The number of nitrogens with zero attached hydrogens (tertiary/aromatic N) is 3. The summed E-state index contributed by atoms with van der Waals surface area (Å²) in [7, 11) is 6.63. The van der Waals surface area contributed by atoms with E-state index in [2.05, 4.69) is 21.1 Å². The van der Waals surface area contributed by atoms with Gasteiger partial charge in [-0.1, -0.05) is 0 Å². The summed E-state index contributed by atoms with van der Waals surface area (Å²) in [5.74, 6) is 0.129. The number of carbonyl (C=O) groups excluding carboxylic acids is 1. The second kappa shape index (κ2) is 5.82. The van der Waals surface area contributed by atoms with E-state index in [0.29, 0.717) is 0 Å². The van der Waals surface area contributed by atoms with Crippen molar-refractivity contribution in [3.63, 3.8) is 0 Å². The molecule has 1 amide bonds. The molecule has 0 saturated carbocycles. The van der Waals surface area contributed by atoms with Crippen LogP contribution in [0.3, 0.4) is 0 Å². The van der Waals surface area contributed by atoms with Crippen LogP contribution in [0.5, 0.6) is 0 Å². The summed E-state index contributed by atoms with van der Waals surface area (Å²) >= 11 is 6.35. The van der Waals surface area contributed by atoms with Gasteiger partial charge in [-0.05, 0) is 58.7 Å². The van der Waals surface area contributed by atoms with Crippen LogP contribution in [0.25, 0.3) is 0 Å². The van der Waals surface area contributed by atoms with E-state index >= 15 is 0 Å². The summed E-state index contributed by atoms with van der Waals surface area (Å²) in [6.45, 7) is 9.76. The highest BCUT2D eigenvalue weighted by Crippen LogP contribution is 2.39. The predicted octanol–water partition coefficient (Wildman–Crippen LogP) is 2.68. The van der Waals surface area contributed by atoms with E-state index in [1.165, 1.54) is 13.0 Å². The van der Waals surface area contributed by atoms with E-state index in [9.17, 15) is 4.79 Å². The van der Waals surface area contributed by atoms with Gasteiger partial charge < -0.3 is 9.38 Å². The zero-order chi connectivity index (χ0) is 15.8. The summed E-state index contributed by atoms with van der Waals surface area (Å²) in [5.41, 5.74) is -1.03. The second-order valence-corrected chi connectivity index (χ2v) is 8.20. The molecule has 0 aromatic carbocycles. The van der Waals surface area contributed by atoms with E-state index in [-0.39, 0.29) is 5.91 Å². The Balaban J connectivity index is 2.50. The first-order valence-electron chi connectivity index (χ1n) is 7.49. The molecule has 0 radical (unpaired) electrons. The molecule has 1 heterocycles. The van der Waals surface area contributed by atoms with Crippen molar-refractivity contribution in [1.82, 2.24) is 9.32 Å². The molecule has 5 heteroatoms. The monoisotopic (exact) mass is 304 g/mol. The third-order valence-corrected chi connectivity index (χ3v) is 4.95. The van der Waals surface area contributed by atoms with Crippen LogP contribution < -0.4 is 0 Å². The van der Waals surface area contributed by atoms with E-state index < -0.39 is 11.2 Å². The Labute approximate surface area is 129 Å². The minimum absolute atomic E-state index is 0.129. The molecule has 20 heavy (non-hydrogen) atoms. The molecule has 4 nitrogen and oxygen atoms in total. The lowest BCUT2D eigenvalue weighted by molar-refractivity contribution is -0.870. The fourth-order valence-corrected chi connectivity index (χ4v) is 3.02. The maximum absolute atomic E-state index is 12.5. The average Bonchev–Trinajstić information content (AvgIpc) is 2.39. The largest absolute Gasteiger partial charge is 0.331 e. The molecule has 118 valence electrons. The van der Waals surface area contributed by atoms with Crippen molar-refractivity contribution in [2.45, 2.75) is 58.2 Å². The van der Waals surface area contributed by atoms with Crippen molar-refractivity contribution in [3.05, 3.63) is 0 Å². The quantitative estimate of drug-likeness (QED) is 0.428. The topological polar surface area (TPSA) is 23.6 Å². The lowest BCUT2D eigenvalue weighted by Crippen LogP contribution is -2.47. The Hall–Kier alpha value is -0.320. The Morgan fingerprint density at radius 2 is 1.60 bits per heavy atom. The fraction of sp³-hybridized carbons (Fsp3) is 0.933. The highest BCUT2D eigenvalue weighted by molar-refractivity contribution is 6.17. The molecule has 1 saturated heterocycles. The molecular weight excluding hydrogens is 274 g/mol. The molecule has 1 aliphatic rings. The van der Waals surface area contributed by atoms with Gasteiger partial charge in [0.2, 0.25) is 5.91 Å². The highest BCUT2D eigenvalue weighted by atomic mass is 35.5. The standard InChI is InChI=1S/C15H31ClN3O/c1-14(2)13(20)17(15(3,4)18(14)16)11-9-8-10-12-19(5,6)7/h8-12H2,1-7H3/q+1. The van der Waals surface area contributed by atoms with Gasteiger partial charge in [0.05, 0.1) is 27.7 Å². The maximum atomic E-state index is 12.5. The lowest BCUT2D eigenvalue weighted by Gasteiger charge is -2.35. The molecule has 0 atom stereocenters. The van der Waals surface area contributed by atoms with Crippen molar-refractivity contribution in [3.8, 4) is 0 Å². The normalized spacial score (nSPS) is 22.6. The molecular formula is C15H31ClN3O+. The number of hydrogen-bond donors (Lipinski definition) is 0. The molecule has 1 rings (SSSR count). The lowest BCUT2D eigenvalue weighted by atomic mass is 10.1. The van der Waals surface area contributed by atoms with Crippen LogP contribution in [-0.4, -0.2) is 65.1 Å². The van der Waals surface area contributed by atoms with E-state index in [1.54, 1.807) is 4.42 Å². The summed E-state index contributed by atoms with van der Waals surface area (Å²) in [5, 5.41) is 0. The van der Waals surface area contributed by atoms with Crippen molar-refractivity contribution in [2.24, 2.45) is 0 Å². The Bertz CT molecular complexity index is 361. The van der Waals surface area contributed by atoms with E-state index in [4.69, 9.17) is 11.8 Å². The van der Waals surface area contributed by atoms with Crippen LogP contribution in [0.15, 0.2) is 0 Å². The predicted molar refractivity (Wildman–Crippen MR) is 84.3 cm³/mol. The van der Waals surface area contributed by atoms with E-state index in [0.717, 1.165) is 23.9 Å². The van der Waals surface area contributed by atoms with Gasteiger partial charge in [-0.15, -0.1) is 0 Å². The molecule has 0 spiro atoms. The van der Waals surface area contributed by atoms with Crippen LogP contribution in [0.4, 0.5) is 0 Å². The molecule has 0 aliphatic carbocycles. The zero-order valence-electron chi connectivity index (χ0n) is 14.2. The fourth-order valence-electron chi connectivity index (χ4n) is 2.86. The Kier molecular flexibility index (Phi) is 5.16. The second-order valence-electron chi connectivity index (χ2n) is 7.87. The number of amides is 1. The van der Waals surface area contributed by atoms with Crippen LogP contribution in [0.2, 0.25) is 0 Å². The molecule has 0 N–H and O–H groups in total. The molecule has 0 unspecified atom stereocenters. The van der Waals surface area contributed by atoms with Gasteiger partial charge in [0.1, 0.15) is 11.2 Å². The van der Waals surface area contributed by atoms with Crippen molar-refractivity contribution in [1.29, 1.82) is 0 Å². The minimum Gasteiger partial charge on any atom is -0.331 e. The van der Waals surface area contributed by atoms with Gasteiger partial charge >= 0.3 is 0 Å². The molecule has 0 bridgehead atoms. The van der Waals surface area contributed by atoms with Crippen molar-refractivity contribution in [2.75, 3.05) is 34.2 Å². The maximum Gasteiger partial charge on any atom is 0.245 e. The zero-order valence-corrected chi connectivity index (χ0v) is 14.9. The van der Waals surface area contributed by atoms with Gasteiger partial charge in [-0.3, -0.25) is 4.79 Å². The van der Waals surface area contributed by atoms with Crippen LogP contribution in [0.1, 0.15) is 47.0 Å². The summed E-state index contributed by atoms with van der Waals surface area (Å²) in [4.78, 5) is 14.4. The van der Waals surface area contributed by atoms with Gasteiger partial charge in [0, 0.05) is 6.54 Å². The number of rotatable bonds is 6. The smallest absolute Gasteiger partial charge is 0.245 e.